The summed E-state index contributed by atoms with van der Waals surface area (Å²) in [4.78, 5) is 0. The number of halogens is 2. The van der Waals surface area contributed by atoms with Crippen molar-refractivity contribution >= 4 is 0 Å². The molecule has 5 heteroatoms. The van der Waals surface area contributed by atoms with Crippen molar-refractivity contribution in [3.63, 3.8) is 0 Å². The first kappa shape index (κ1) is 14.9. The summed E-state index contributed by atoms with van der Waals surface area (Å²) in [5.74, 6) is -2.40. The van der Waals surface area contributed by atoms with E-state index < -0.39 is 19.1 Å². The van der Waals surface area contributed by atoms with Gasteiger partial charge in [-0.15, -0.1) is 0 Å². The van der Waals surface area contributed by atoms with Crippen molar-refractivity contribution in [3.05, 3.63) is 29.8 Å². The number of nitrogens with one attached hydrogen (secondary N) is 1. The maximum atomic E-state index is 12.8. The first-order valence-corrected chi connectivity index (χ1v) is 5.88. The smallest absolute Gasteiger partial charge is 0.282 e. The van der Waals surface area contributed by atoms with Gasteiger partial charge < -0.3 is 15.2 Å². The summed E-state index contributed by atoms with van der Waals surface area (Å²) in [6.45, 7) is 2.39. The molecule has 2 N–H and O–H groups in total. The number of ether oxygens (including phenoxy) is 1. The van der Waals surface area contributed by atoms with Crippen molar-refractivity contribution in [2.75, 3.05) is 13.2 Å². The first-order chi connectivity index (χ1) is 8.44. The van der Waals surface area contributed by atoms with Crippen LogP contribution < -0.4 is 10.1 Å². The molecule has 0 aliphatic carbocycles. The van der Waals surface area contributed by atoms with Crippen LogP contribution in [0, 0.1) is 0 Å². The van der Waals surface area contributed by atoms with Gasteiger partial charge in [-0.25, -0.2) is 8.78 Å². The molecule has 1 aromatic carbocycles. The lowest BCUT2D eigenvalue weighted by Crippen LogP contribution is -2.35. The minimum absolute atomic E-state index is 0.0324. The third-order valence-electron chi connectivity index (χ3n) is 2.27. The van der Waals surface area contributed by atoms with E-state index in [1.165, 1.54) is 0 Å². The molecule has 0 radical (unpaired) electrons. The molecule has 0 fully saturated rings. The SMILES string of the molecule is CC(C)Oc1ccccc1CNCC(F)(F)CO. The largest absolute Gasteiger partial charge is 0.491 e. The Kier molecular flexibility index (Phi) is 5.50. The lowest BCUT2D eigenvalue weighted by Gasteiger charge is -2.17. The predicted octanol–water partition coefficient (Wildman–Crippen LogP) is 2.19. The molecule has 0 spiro atoms. The van der Waals surface area contributed by atoms with Gasteiger partial charge >= 0.3 is 0 Å². The van der Waals surface area contributed by atoms with Crippen molar-refractivity contribution in [3.8, 4) is 5.75 Å². The predicted molar refractivity (Wildman–Crippen MR) is 65.9 cm³/mol. The van der Waals surface area contributed by atoms with Gasteiger partial charge in [0.1, 0.15) is 12.4 Å². The molecule has 0 atom stereocenters. The van der Waals surface area contributed by atoms with E-state index in [0.29, 0.717) is 5.75 Å². The highest BCUT2D eigenvalue weighted by Gasteiger charge is 2.26. The number of rotatable bonds is 7. The van der Waals surface area contributed by atoms with Crippen molar-refractivity contribution in [2.45, 2.75) is 32.4 Å². The number of para-hydroxylation sites is 1. The van der Waals surface area contributed by atoms with E-state index in [1.807, 2.05) is 32.0 Å². The van der Waals surface area contributed by atoms with Gasteiger partial charge in [-0.2, -0.15) is 0 Å². The van der Waals surface area contributed by atoms with Crippen molar-refractivity contribution in [1.82, 2.24) is 5.32 Å². The highest BCUT2D eigenvalue weighted by Crippen LogP contribution is 2.19. The lowest BCUT2D eigenvalue weighted by atomic mass is 10.2. The van der Waals surface area contributed by atoms with Crippen LogP contribution in [0.1, 0.15) is 19.4 Å². The highest BCUT2D eigenvalue weighted by molar-refractivity contribution is 5.33. The van der Waals surface area contributed by atoms with Crippen molar-refractivity contribution in [1.29, 1.82) is 0 Å². The summed E-state index contributed by atoms with van der Waals surface area (Å²) >= 11 is 0. The van der Waals surface area contributed by atoms with E-state index in [1.54, 1.807) is 6.07 Å². The molecular formula is C13H19F2NO2. The van der Waals surface area contributed by atoms with Gasteiger partial charge in [-0.05, 0) is 19.9 Å². The number of aliphatic hydroxyl groups excluding tert-OH is 1. The van der Waals surface area contributed by atoms with Crippen molar-refractivity contribution in [2.24, 2.45) is 0 Å². The molecular weight excluding hydrogens is 240 g/mol. The molecule has 1 aromatic rings. The second-order valence-electron chi connectivity index (χ2n) is 4.39. The van der Waals surface area contributed by atoms with Gasteiger partial charge in [-0.1, -0.05) is 18.2 Å². The minimum Gasteiger partial charge on any atom is -0.491 e. The van der Waals surface area contributed by atoms with E-state index in [9.17, 15) is 8.78 Å². The van der Waals surface area contributed by atoms with Crippen LogP contribution in [0.2, 0.25) is 0 Å². The summed E-state index contributed by atoms with van der Waals surface area (Å²) in [5.41, 5.74) is 0.819. The molecule has 18 heavy (non-hydrogen) atoms. The summed E-state index contributed by atoms with van der Waals surface area (Å²) in [6.07, 6.45) is 0.0324. The molecule has 1 rings (SSSR count). The van der Waals surface area contributed by atoms with Crippen LogP contribution in [-0.2, 0) is 6.54 Å². The van der Waals surface area contributed by atoms with E-state index >= 15 is 0 Å². The van der Waals surface area contributed by atoms with E-state index in [-0.39, 0.29) is 12.6 Å². The zero-order chi connectivity index (χ0) is 13.6. The molecule has 0 saturated heterocycles. The molecule has 0 saturated carbocycles. The second kappa shape index (κ2) is 6.66. The van der Waals surface area contributed by atoms with Gasteiger partial charge in [0, 0.05) is 12.1 Å². The number of hydrogen-bond acceptors (Lipinski definition) is 3. The Hall–Kier alpha value is -1.20. The number of hydrogen-bond donors (Lipinski definition) is 2. The van der Waals surface area contributed by atoms with Gasteiger partial charge in [-0.3, -0.25) is 0 Å². The average Bonchev–Trinajstić information content (AvgIpc) is 2.30. The van der Waals surface area contributed by atoms with Crippen LogP contribution in [0.15, 0.2) is 24.3 Å². The highest BCUT2D eigenvalue weighted by atomic mass is 19.3. The minimum atomic E-state index is -3.09. The molecule has 0 aliphatic heterocycles. The zero-order valence-corrected chi connectivity index (χ0v) is 10.6. The van der Waals surface area contributed by atoms with Gasteiger partial charge in [0.05, 0.1) is 12.6 Å². The van der Waals surface area contributed by atoms with Crippen LogP contribution in [0.4, 0.5) is 8.78 Å². The monoisotopic (exact) mass is 259 g/mol. The molecule has 3 nitrogen and oxygen atoms in total. The quantitative estimate of drug-likeness (QED) is 0.788. The second-order valence-corrected chi connectivity index (χ2v) is 4.39. The molecule has 0 aliphatic rings. The van der Waals surface area contributed by atoms with Crippen LogP contribution in [0.5, 0.6) is 5.75 Å². The fourth-order valence-electron chi connectivity index (χ4n) is 1.45. The topological polar surface area (TPSA) is 41.5 Å². The molecule has 0 heterocycles. The van der Waals surface area contributed by atoms with E-state index in [4.69, 9.17) is 9.84 Å². The molecule has 0 unspecified atom stereocenters. The van der Waals surface area contributed by atoms with Gasteiger partial charge in [0.15, 0.2) is 0 Å². The fourth-order valence-corrected chi connectivity index (χ4v) is 1.45. The molecule has 0 bridgehead atoms. The van der Waals surface area contributed by atoms with Gasteiger partial charge in [0.25, 0.3) is 5.92 Å². The number of alkyl halides is 2. The number of aliphatic hydroxyl groups is 1. The maximum Gasteiger partial charge on any atom is 0.282 e. The summed E-state index contributed by atoms with van der Waals surface area (Å²) in [5, 5.41) is 11.1. The number of benzene rings is 1. The summed E-state index contributed by atoms with van der Waals surface area (Å²) in [6, 6.07) is 7.29. The lowest BCUT2D eigenvalue weighted by molar-refractivity contribution is -0.0478. The molecule has 0 aromatic heterocycles. The van der Waals surface area contributed by atoms with E-state index in [2.05, 4.69) is 5.32 Å². The molecule has 0 amide bonds. The average molecular weight is 259 g/mol. The van der Waals surface area contributed by atoms with Crippen LogP contribution in [-0.4, -0.2) is 30.3 Å². The van der Waals surface area contributed by atoms with Crippen LogP contribution in [0.25, 0.3) is 0 Å². The van der Waals surface area contributed by atoms with Gasteiger partial charge in [0.2, 0.25) is 0 Å². The summed E-state index contributed by atoms with van der Waals surface area (Å²) in [7, 11) is 0. The third kappa shape index (κ3) is 4.98. The molecule has 102 valence electrons. The zero-order valence-electron chi connectivity index (χ0n) is 10.6. The van der Waals surface area contributed by atoms with Crippen molar-refractivity contribution < 1.29 is 18.6 Å². The Balaban J connectivity index is 2.56. The Bertz CT molecular complexity index is 370. The Morgan fingerprint density at radius 1 is 1.33 bits per heavy atom. The Morgan fingerprint density at radius 3 is 2.61 bits per heavy atom. The van der Waals surface area contributed by atoms with E-state index in [0.717, 1.165) is 5.56 Å². The maximum absolute atomic E-state index is 12.8. The normalized spacial score (nSPS) is 11.9. The standard InChI is InChI=1S/C13H19F2NO2/c1-10(2)18-12-6-4-3-5-11(12)7-16-8-13(14,15)9-17/h3-6,10,16-17H,7-9H2,1-2H3. The Labute approximate surface area is 106 Å². The fraction of sp³-hybridized carbons (Fsp3) is 0.538. The summed E-state index contributed by atoms with van der Waals surface area (Å²) < 4.78 is 31.2. The van der Waals surface area contributed by atoms with Crippen LogP contribution in [0.3, 0.4) is 0 Å². The van der Waals surface area contributed by atoms with Crippen LogP contribution >= 0.6 is 0 Å². The Morgan fingerprint density at radius 2 is 2.00 bits per heavy atom. The first-order valence-electron chi connectivity index (χ1n) is 5.88. The third-order valence-corrected chi connectivity index (χ3v) is 2.27.